The number of phenols is 1. The van der Waals surface area contributed by atoms with Crippen molar-refractivity contribution in [3.63, 3.8) is 0 Å². The van der Waals surface area contributed by atoms with Gasteiger partial charge in [-0.2, -0.15) is 5.10 Å². The summed E-state index contributed by atoms with van der Waals surface area (Å²) in [6.45, 7) is 8.21. The molecule has 2 aromatic carbocycles. The third-order valence-electron chi connectivity index (χ3n) is 5.05. The molecule has 3 rings (SSSR count). The third kappa shape index (κ3) is 5.23. The number of ether oxygens (including phenoxy) is 1. The maximum atomic E-state index is 10.3. The van der Waals surface area contributed by atoms with Gasteiger partial charge in [0.2, 0.25) is 0 Å². The zero-order valence-electron chi connectivity index (χ0n) is 17.3. The lowest BCUT2D eigenvalue weighted by molar-refractivity contribution is -0.897. The van der Waals surface area contributed by atoms with Crippen molar-refractivity contribution in [1.82, 2.24) is 14.8 Å². The van der Waals surface area contributed by atoms with Crippen molar-refractivity contribution in [1.29, 1.82) is 0 Å². The highest BCUT2D eigenvalue weighted by Crippen LogP contribution is 2.27. The van der Waals surface area contributed by atoms with E-state index in [1.165, 1.54) is 4.90 Å². The molecule has 0 fully saturated rings. The second-order valence-electron chi connectivity index (χ2n) is 6.85. The molecular weight excluding hydrogens is 364 g/mol. The van der Waals surface area contributed by atoms with E-state index in [-0.39, 0.29) is 5.75 Å². The minimum Gasteiger partial charge on any atom is -0.507 e. The number of nitrogens with zero attached hydrogens (tertiary/aromatic N) is 3. The molecule has 0 amide bonds. The molecule has 152 valence electrons. The Kier molecular flexibility index (Phi) is 7.03. The Morgan fingerprint density at radius 3 is 2.41 bits per heavy atom. The summed E-state index contributed by atoms with van der Waals surface area (Å²) in [5, 5.41) is 15.0. The van der Waals surface area contributed by atoms with E-state index >= 15 is 0 Å². The minimum atomic E-state index is 0.210. The number of aromatic nitrogens is 3. The average Bonchev–Trinajstić information content (AvgIpc) is 3.16. The first kappa shape index (κ1) is 20.6. The van der Waals surface area contributed by atoms with Crippen LogP contribution in [0.5, 0.6) is 11.5 Å². The zero-order chi connectivity index (χ0) is 20.6. The fraction of sp³-hybridized carbons (Fsp3) is 0.304. The highest BCUT2D eigenvalue weighted by atomic mass is 16.5. The molecule has 1 aromatic heterocycles. The molecule has 1 heterocycles. The van der Waals surface area contributed by atoms with Crippen molar-refractivity contribution in [3.05, 3.63) is 59.9 Å². The van der Waals surface area contributed by atoms with Gasteiger partial charge >= 0.3 is 0 Å². The molecule has 0 unspecified atom stereocenters. The Labute approximate surface area is 172 Å². The summed E-state index contributed by atoms with van der Waals surface area (Å²) in [6.07, 6.45) is 3.87. The van der Waals surface area contributed by atoms with Crippen LogP contribution >= 0.6 is 0 Å². The van der Waals surface area contributed by atoms with Gasteiger partial charge in [-0.1, -0.05) is 30.3 Å². The number of para-hydroxylation sites is 1. The Balaban J connectivity index is 1.88. The molecule has 0 spiro atoms. The van der Waals surface area contributed by atoms with Crippen LogP contribution in [0.3, 0.4) is 0 Å². The molecular formula is C23H29N4O2+. The Morgan fingerprint density at radius 2 is 1.76 bits per heavy atom. The minimum absolute atomic E-state index is 0.210. The normalized spacial score (nSPS) is 11.4. The van der Waals surface area contributed by atoms with Crippen LogP contribution in [0.2, 0.25) is 0 Å². The fourth-order valence-corrected chi connectivity index (χ4v) is 3.20. The molecule has 6 heteroatoms. The van der Waals surface area contributed by atoms with E-state index in [0.29, 0.717) is 17.2 Å². The Bertz CT molecular complexity index is 944. The van der Waals surface area contributed by atoms with Crippen LogP contribution in [0, 0.1) is 0 Å². The van der Waals surface area contributed by atoms with Crippen molar-refractivity contribution in [2.24, 2.45) is 0 Å². The molecule has 29 heavy (non-hydrogen) atoms. The topological polar surface area (TPSA) is 64.6 Å². The number of nitrogens with one attached hydrogen (secondary N) is 1. The number of rotatable bonds is 9. The summed E-state index contributed by atoms with van der Waals surface area (Å²) in [7, 11) is 1.65. The second-order valence-corrected chi connectivity index (χ2v) is 6.85. The first-order valence-electron chi connectivity index (χ1n) is 10.0. The van der Waals surface area contributed by atoms with Crippen LogP contribution in [-0.2, 0) is 6.54 Å². The lowest BCUT2D eigenvalue weighted by Gasteiger charge is -2.15. The average molecular weight is 394 g/mol. The molecule has 0 saturated carbocycles. The van der Waals surface area contributed by atoms with Gasteiger partial charge in [0.15, 0.2) is 11.6 Å². The molecule has 0 radical (unpaired) electrons. The first-order chi connectivity index (χ1) is 14.1. The van der Waals surface area contributed by atoms with E-state index in [4.69, 9.17) is 9.72 Å². The largest absolute Gasteiger partial charge is 0.507 e. The van der Waals surface area contributed by atoms with Crippen molar-refractivity contribution >= 4 is 12.2 Å². The molecule has 3 aromatic rings. The molecule has 0 aliphatic rings. The van der Waals surface area contributed by atoms with Gasteiger partial charge in [-0.3, -0.25) is 0 Å². The Hall–Kier alpha value is -3.12. The van der Waals surface area contributed by atoms with Crippen molar-refractivity contribution in [2.45, 2.75) is 20.4 Å². The van der Waals surface area contributed by atoms with Crippen LogP contribution in [0.1, 0.15) is 25.2 Å². The predicted molar refractivity (Wildman–Crippen MR) is 116 cm³/mol. The van der Waals surface area contributed by atoms with Crippen LogP contribution in [0.15, 0.2) is 48.5 Å². The zero-order valence-corrected chi connectivity index (χ0v) is 17.3. The highest BCUT2D eigenvalue weighted by molar-refractivity contribution is 5.69. The molecule has 0 bridgehead atoms. The number of benzene rings is 2. The number of likely N-dealkylation sites (N-methyl/N-ethyl adjacent to an activating group) is 1. The summed E-state index contributed by atoms with van der Waals surface area (Å²) in [6, 6.07) is 15.1. The van der Waals surface area contributed by atoms with E-state index < -0.39 is 0 Å². The van der Waals surface area contributed by atoms with Crippen LogP contribution in [0.25, 0.3) is 23.5 Å². The molecule has 6 nitrogen and oxygen atoms in total. The van der Waals surface area contributed by atoms with Gasteiger partial charge in [0.1, 0.15) is 11.5 Å². The summed E-state index contributed by atoms with van der Waals surface area (Å²) < 4.78 is 7.09. The highest BCUT2D eigenvalue weighted by Gasteiger charge is 2.15. The van der Waals surface area contributed by atoms with E-state index in [0.717, 1.165) is 37.5 Å². The number of hydrogen-bond donors (Lipinski definition) is 2. The maximum Gasteiger partial charge on any atom is 0.174 e. The molecule has 0 atom stereocenters. The molecule has 0 saturated heterocycles. The van der Waals surface area contributed by atoms with Crippen molar-refractivity contribution in [2.75, 3.05) is 26.7 Å². The lowest BCUT2D eigenvalue weighted by atomic mass is 10.2. The van der Waals surface area contributed by atoms with Gasteiger partial charge in [-0.05, 0) is 49.8 Å². The monoisotopic (exact) mass is 393 g/mol. The summed E-state index contributed by atoms with van der Waals surface area (Å²) in [5.41, 5.74) is 1.73. The lowest BCUT2D eigenvalue weighted by Crippen LogP contribution is -3.11. The van der Waals surface area contributed by atoms with E-state index in [9.17, 15) is 5.11 Å². The van der Waals surface area contributed by atoms with E-state index in [2.05, 4.69) is 18.9 Å². The number of hydrogen-bond acceptors (Lipinski definition) is 4. The second kappa shape index (κ2) is 9.89. The van der Waals surface area contributed by atoms with E-state index in [1.807, 2.05) is 59.3 Å². The van der Waals surface area contributed by atoms with Crippen LogP contribution < -0.4 is 9.64 Å². The van der Waals surface area contributed by atoms with Gasteiger partial charge < -0.3 is 14.7 Å². The smallest absolute Gasteiger partial charge is 0.174 e. The van der Waals surface area contributed by atoms with Crippen LogP contribution in [0.4, 0.5) is 0 Å². The van der Waals surface area contributed by atoms with E-state index in [1.54, 1.807) is 13.2 Å². The SMILES string of the molecule is CC[NH+](CC)CCn1nc(/C=C/c2ccc(OC)cc2)nc1-c1ccccc1O. The van der Waals surface area contributed by atoms with Gasteiger partial charge in [-0.15, -0.1) is 0 Å². The van der Waals surface area contributed by atoms with Gasteiger partial charge in [0.25, 0.3) is 0 Å². The van der Waals surface area contributed by atoms with Crippen molar-refractivity contribution < 1.29 is 14.7 Å². The third-order valence-corrected chi connectivity index (χ3v) is 5.05. The number of methoxy groups -OCH3 is 1. The van der Waals surface area contributed by atoms with Crippen molar-refractivity contribution in [3.8, 4) is 22.9 Å². The number of quaternary nitrogens is 1. The van der Waals surface area contributed by atoms with Crippen LogP contribution in [-0.4, -0.2) is 46.6 Å². The van der Waals surface area contributed by atoms with Gasteiger partial charge in [0, 0.05) is 0 Å². The molecule has 0 aliphatic heterocycles. The number of phenolic OH excluding ortho intramolecular Hbond substituents is 1. The van der Waals surface area contributed by atoms with Gasteiger partial charge in [0.05, 0.1) is 38.9 Å². The molecule has 2 N–H and O–H groups in total. The predicted octanol–water partition coefficient (Wildman–Crippen LogP) is 2.75. The molecule has 0 aliphatic carbocycles. The summed E-state index contributed by atoms with van der Waals surface area (Å²) in [4.78, 5) is 6.19. The summed E-state index contributed by atoms with van der Waals surface area (Å²) >= 11 is 0. The first-order valence-corrected chi connectivity index (χ1v) is 10.0. The Morgan fingerprint density at radius 1 is 1.03 bits per heavy atom. The number of aromatic hydroxyl groups is 1. The fourth-order valence-electron chi connectivity index (χ4n) is 3.20. The summed E-state index contributed by atoms with van der Waals surface area (Å²) in [5.74, 6) is 2.34. The standard InChI is InChI=1S/C23H28N4O2/c1-4-26(5-2)16-17-27-23(20-8-6-7-9-21(20)28)24-22(25-27)15-12-18-10-13-19(29-3)14-11-18/h6-15,28H,4-5,16-17H2,1-3H3/p+1/b15-12+. The van der Waals surface area contributed by atoms with Gasteiger partial charge in [-0.25, -0.2) is 9.67 Å². The maximum absolute atomic E-state index is 10.3. The quantitative estimate of drug-likeness (QED) is 0.587.